The van der Waals surface area contributed by atoms with Crippen LogP contribution in [0.3, 0.4) is 0 Å². The van der Waals surface area contributed by atoms with Gasteiger partial charge in [0.2, 0.25) is 0 Å². The summed E-state index contributed by atoms with van der Waals surface area (Å²) in [6, 6.07) is 13.0. The minimum absolute atomic E-state index is 0.602. The van der Waals surface area contributed by atoms with Gasteiger partial charge in [-0.15, -0.1) is 6.58 Å². The van der Waals surface area contributed by atoms with Crippen LogP contribution in [-0.2, 0) is 6.42 Å². The lowest BCUT2D eigenvalue weighted by atomic mass is 10.1. The van der Waals surface area contributed by atoms with Gasteiger partial charge in [-0.1, -0.05) is 12.1 Å². The van der Waals surface area contributed by atoms with Crippen LogP contribution in [0.25, 0.3) is 0 Å². The monoisotopic (exact) mass is 340 g/mol. The topological polar surface area (TPSA) is 44.8 Å². The van der Waals surface area contributed by atoms with Gasteiger partial charge in [-0.25, -0.2) is 0 Å². The second-order valence-corrected chi connectivity index (χ2v) is 5.57. The van der Waals surface area contributed by atoms with Crippen molar-refractivity contribution in [2.75, 3.05) is 20.3 Å². The Hall–Kier alpha value is -2.75. The summed E-state index contributed by atoms with van der Waals surface area (Å²) in [4.78, 5) is 10.6. The zero-order chi connectivity index (χ0) is 17.9. The van der Waals surface area contributed by atoms with Crippen LogP contribution in [0.4, 0.5) is 0 Å². The van der Waals surface area contributed by atoms with Crippen molar-refractivity contribution in [2.45, 2.75) is 19.3 Å². The van der Waals surface area contributed by atoms with Gasteiger partial charge in [-0.3, -0.25) is 4.79 Å². The second kappa shape index (κ2) is 10.2. The highest BCUT2D eigenvalue weighted by Gasteiger charge is 2.05. The number of methoxy groups -OCH3 is 1. The number of carbonyl (C=O) groups excluding carboxylic acids is 1. The number of allylic oxidation sites excluding steroid dienone is 1. The van der Waals surface area contributed by atoms with E-state index in [4.69, 9.17) is 14.2 Å². The molecule has 0 spiro atoms. The summed E-state index contributed by atoms with van der Waals surface area (Å²) in [6.07, 6.45) is 5.25. The van der Waals surface area contributed by atoms with Crippen LogP contribution in [0.15, 0.2) is 55.1 Å². The van der Waals surface area contributed by atoms with Gasteiger partial charge in [0.15, 0.2) is 11.5 Å². The van der Waals surface area contributed by atoms with E-state index in [1.165, 1.54) is 0 Å². The smallest absolute Gasteiger partial charge is 0.161 e. The lowest BCUT2D eigenvalue weighted by Gasteiger charge is -2.12. The maximum atomic E-state index is 10.6. The Kier molecular flexibility index (Phi) is 7.57. The number of benzene rings is 2. The molecule has 0 atom stereocenters. The molecular formula is C21H24O4. The maximum absolute atomic E-state index is 10.6. The van der Waals surface area contributed by atoms with E-state index >= 15 is 0 Å². The van der Waals surface area contributed by atoms with E-state index in [1.54, 1.807) is 31.4 Å². The summed E-state index contributed by atoms with van der Waals surface area (Å²) in [6.45, 7) is 4.96. The average molecular weight is 340 g/mol. The molecule has 0 unspecified atom stereocenters. The molecule has 0 aliphatic heterocycles. The summed E-state index contributed by atoms with van der Waals surface area (Å²) in [5.41, 5.74) is 1.79. The summed E-state index contributed by atoms with van der Waals surface area (Å²) in [5.74, 6) is 2.26. The minimum Gasteiger partial charge on any atom is -0.494 e. The Bertz CT molecular complexity index is 677. The van der Waals surface area contributed by atoms with Gasteiger partial charge in [0, 0.05) is 5.56 Å². The fraction of sp³-hybridized carbons (Fsp3) is 0.286. The molecule has 0 radical (unpaired) electrons. The van der Waals surface area contributed by atoms with Crippen molar-refractivity contribution in [1.29, 1.82) is 0 Å². The molecule has 0 bridgehead atoms. The third-order valence-electron chi connectivity index (χ3n) is 3.69. The van der Waals surface area contributed by atoms with Crippen molar-refractivity contribution in [3.05, 3.63) is 66.2 Å². The van der Waals surface area contributed by atoms with E-state index < -0.39 is 0 Å². The summed E-state index contributed by atoms with van der Waals surface area (Å²) in [7, 11) is 1.64. The zero-order valence-electron chi connectivity index (χ0n) is 14.6. The largest absolute Gasteiger partial charge is 0.494 e. The highest BCUT2D eigenvalue weighted by molar-refractivity contribution is 5.74. The third-order valence-corrected chi connectivity index (χ3v) is 3.69. The number of hydrogen-bond donors (Lipinski definition) is 0. The molecular weight excluding hydrogens is 316 g/mol. The fourth-order valence-electron chi connectivity index (χ4n) is 2.34. The van der Waals surface area contributed by atoms with Crippen LogP contribution < -0.4 is 14.2 Å². The molecule has 4 nitrogen and oxygen atoms in total. The van der Waals surface area contributed by atoms with Crippen LogP contribution >= 0.6 is 0 Å². The Morgan fingerprint density at radius 2 is 1.68 bits per heavy atom. The number of rotatable bonds is 11. The first-order valence-electron chi connectivity index (χ1n) is 8.35. The molecule has 0 aliphatic carbocycles. The SMILES string of the molecule is C=CCc1ccc(OCCCCOc2ccc(C=O)cc2)c(OC)c1. The van der Waals surface area contributed by atoms with Crippen LogP contribution in [0, 0.1) is 0 Å². The average Bonchev–Trinajstić information content (AvgIpc) is 2.66. The fourth-order valence-corrected chi connectivity index (χ4v) is 2.34. The highest BCUT2D eigenvalue weighted by atomic mass is 16.5. The van der Waals surface area contributed by atoms with Gasteiger partial charge < -0.3 is 14.2 Å². The molecule has 0 N–H and O–H groups in total. The van der Waals surface area contributed by atoms with Gasteiger partial charge in [-0.2, -0.15) is 0 Å². The van der Waals surface area contributed by atoms with Crippen molar-refractivity contribution in [3.8, 4) is 17.2 Å². The van der Waals surface area contributed by atoms with E-state index in [0.29, 0.717) is 18.8 Å². The first kappa shape index (κ1) is 18.6. The molecule has 4 heteroatoms. The first-order valence-corrected chi connectivity index (χ1v) is 8.35. The molecule has 0 heterocycles. The minimum atomic E-state index is 0.602. The van der Waals surface area contributed by atoms with Crippen LogP contribution in [0.1, 0.15) is 28.8 Å². The van der Waals surface area contributed by atoms with E-state index in [2.05, 4.69) is 6.58 Å². The molecule has 0 aromatic heterocycles. The number of ether oxygens (including phenoxy) is 3. The summed E-state index contributed by atoms with van der Waals surface area (Å²) >= 11 is 0. The number of unbranched alkanes of at least 4 members (excludes halogenated alkanes) is 1. The lowest BCUT2D eigenvalue weighted by Crippen LogP contribution is -2.03. The molecule has 0 amide bonds. The quantitative estimate of drug-likeness (QED) is 0.344. The lowest BCUT2D eigenvalue weighted by molar-refractivity contribution is 0.112. The Morgan fingerprint density at radius 1 is 0.960 bits per heavy atom. The van der Waals surface area contributed by atoms with E-state index in [0.717, 1.165) is 48.4 Å². The number of carbonyl (C=O) groups is 1. The third kappa shape index (κ3) is 5.99. The molecule has 25 heavy (non-hydrogen) atoms. The molecule has 2 aromatic carbocycles. The van der Waals surface area contributed by atoms with Gasteiger partial charge in [0.1, 0.15) is 12.0 Å². The van der Waals surface area contributed by atoms with E-state index in [-0.39, 0.29) is 0 Å². The normalized spacial score (nSPS) is 10.1. The summed E-state index contributed by atoms with van der Waals surface area (Å²) < 4.78 is 16.8. The Balaban J connectivity index is 1.70. The van der Waals surface area contributed by atoms with Gasteiger partial charge in [0.05, 0.1) is 20.3 Å². The zero-order valence-corrected chi connectivity index (χ0v) is 14.6. The second-order valence-electron chi connectivity index (χ2n) is 5.57. The van der Waals surface area contributed by atoms with Crippen molar-refractivity contribution in [1.82, 2.24) is 0 Å². The van der Waals surface area contributed by atoms with E-state index in [1.807, 2.05) is 24.3 Å². The van der Waals surface area contributed by atoms with Crippen molar-refractivity contribution in [3.63, 3.8) is 0 Å². The van der Waals surface area contributed by atoms with Gasteiger partial charge in [-0.05, 0) is 61.2 Å². The highest BCUT2D eigenvalue weighted by Crippen LogP contribution is 2.28. The molecule has 2 aromatic rings. The molecule has 132 valence electrons. The van der Waals surface area contributed by atoms with Crippen molar-refractivity contribution >= 4 is 6.29 Å². The maximum Gasteiger partial charge on any atom is 0.161 e. The predicted molar refractivity (Wildman–Crippen MR) is 98.9 cm³/mol. The number of aldehydes is 1. The van der Waals surface area contributed by atoms with Gasteiger partial charge in [0.25, 0.3) is 0 Å². The molecule has 0 saturated carbocycles. The standard InChI is InChI=1S/C21H24O4/c1-3-6-17-9-12-20(21(15-17)23-2)25-14-5-4-13-24-19-10-7-18(16-22)8-11-19/h3,7-12,15-16H,1,4-6,13-14H2,2H3. The van der Waals surface area contributed by atoms with E-state index in [9.17, 15) is 4.79 Å². The Morgan fingerprint density at radius 3 is 2.32 bits per heavy atom. The molecule has 0 fully saturated rings. The van der Waals surface area contributed by atoms with Crippen LogP contribution in [0.5, 0.6) is 17.2 Å². The van der Waals surface area contributed by atoms with Crippen molar-refractivity contribution in [2.24, 2.45) is 0 Å². The Labute approximate surface area is 149 Å². The van der Waals surface area contributed by atoms with Crippen LogP contribution in [0.2, 0.25) is 0 Å². The van der Waals surface area contributed by atoms with Gasteiger partial charge >= 0.3 is 0 Å². The first-order chi connectivity index (χ1) is 12.3. The predicted octanol–water partition coefficient (Wildman–Crippen LogP) is 4.47. The van der Waals surface area contributed by atoms with Crippen molar-refractivity contribution < 1.29 is 19.0 Å². The number of hydrogen-bond acceptors (Lipinski definition) is 4. The van der Waals surface area contributed by atoms with Crippen LogP contribution in [-0.4, -0.2) is 26.6 Å². The molecule has 0 aliphatic rings. The molecule has 0 saturated heterocycles. The molecule has 2 rings (SSSR count). The summed E-state index contributed by atoms with van der Waals surface area (Å²) in [5, 5.41) is 0.